The van der Waals surface area contributed by atoms with E-state index >= 15 is 0 Å². The van der Waals surface area contributed by atoms with Crippen molar-refractivity contribution in [2.24, 2.45) is 0 Å². The largest absolute Gasteiger partial charge is 0.511 e. The summed E-state index contributed by atoms with van der Waals surface area (Å²) in [4.78, 5) is 12.1. The van der Waals surface area contributed by atoms with Crippen molar-refractivity contribution in [1.82, 2.24) is 4.57 Å². The number of rotatable bonds is 12. The molecule has 0 saturated carbocycles. The molecule has 0 aliphatic carbocycles. The molecule has 0 saturated heterocycles. The summed E-state index contributed by atoms with van der Waals surface area (Å²) in [5, 5.41) is 11.6. The predicted octanol–water partition coefficient (Wildman–Crippen LogP) is 8.28. The Kier molecular flexibility index (Phi) is 11.7. The molecule has 1 aliphatic rings. The molecule has 1 unspecified atom stereocenters. The van der Waals surface area contributed by atoms with E-state index in [1.807, 2.05) is 60.7 Å². The first-order chi connectivity index (χ1) is 23.4. The number of benzene rings is 3. The Morgan fingerprint density at radius 3 is 2.14 bits per heavy atom. The molecule has 2 atom stereocenters. The summed E-state index contributed by atoms with van der Waals surface area (Å²) < 4.78 is 42.5. The van der Waals surface area contributed by atoms with E-state index in [0.29, 0.717) is 0 Å². The monoisotopic (exact) mass is 698 g/mol. The molecule has 6 nitrogen and oxygen atoms in total. The molecule has 4 aromatic rings. The first-order valence-corrected chi connectivity index (χ1v) is 20.3. The van der Waals surface area contributed by atoms with Crippen LogP contribution in [0.25, 0.3) is 11.1 Å². The minimum atomic E-state index is -3.09. The van der Waals surface area contributed by atoms with Gasteiger partial charge >= 0.3 is 14.0 Å². The fourth-order valence-electron chi connectivity index (χ4n) is 7.15. The van der Waals surface area contributed by atoms with Gasteiger partial charge in [-0.15, -0.1) is 4.52 Å². The highest BCUT2D eigenvalue weighted by molar-refractivity contribution is 7.39. The smallest absolute Gasteiger partial charge is 0.481 e. The molecule has 0 spiro atoms. The highest BCUT2D eigenvalue weighted by Crippen LogP contribution is 2.40. The third kappa shape index (κ3) is 8.14. The van der Waals surface area contributed by atoms with Gasteiger partial charge in [-0.2, -0.15) is 0 Å². The lowest BCUT2D eigenvalue weighted by atomic mass is 9.96. The lowest BCUT2D eigenvalue weighted by Gasteiger charge is -2.44. The number of hydrogen-bond acceptors (Lipinski definition) is 4. The Labute approximate surface area is 291 Å². The maximum absolute atomic E-state index is 13.9. The summed E-state index contributed by atoms with van der Waals surface area (Å²) in [7, 11) is -5.39. The van der Waals surface area contributed by atoms with Gasteiger partial charge in [0.25, 0.3) is 8.32 Å². The average Bonchev–Trinajstić information content (AvgIpc) is 3.40. The van der Waals surface area contributed by atoms with Crippen LogP contribution in [0.5, 0.6) is 0 Å². The summed E-state index contributed by atoms with van der Waals surface area (Å²) in [5.41, 5.74) is 5.21. The minimum Gasteiger partial charge on any atom is -0.481 e. The molecule has 49 heavy (non-hydrogen) atoms. The third-order valence-electron chi connectivity index (χ3n) is 9.15. The van der Waals surface area contributed by atoms with Crippen molar-refractivity contribution in [1.29, 1.82) is 0 Å². The Hall–Kier alpha value is -3.86. The van der Waals surface area contributed by atoms with Crippen LogP contribution in [-0.2, 0) is 31.3 Å². The molecule has 1 N–H and O–H groups in total. The van der Waals surface area contributed by atoms with E-state index in [4.69, 9.17) is 8.95 Å². The molecule has 0 fully saturated rings. The zero-order valence-corrected chi connectivity index (χ0v) is 30.9. The van der Waals surface area contributed by atoms with Crippen LogP contribution in [0, 0.1) is 17.7 Å². The summed E-state index contributed by atoms with van der Waals surface area (Å²) in [5.74, 6) is 5.34. The molecule has 2 heterocycles. The summed E-state index contributed by atoms with van der Waals surface area (Å²) in [6.07, 6.45) is 1.86. The lowest BCUT2D eigenvalue weighted by molar-refractivity contribution is -0.138. The van der Waals surface area contributed by atoms with Crippen LogP contribution in [0.1, 0.15) is 76.8 Å². The second-order valence-corrected chi connectivity index (χ2v) is 19.5. The number of aliphatic carboxylic acids is 1. The third-order valence-corrected chi connectivity index (χ3v) is 15.4. The Bertz CT molecular complexity index is 1780. The maximum Gasteiger partial charge on any atom is 0.511 e. The summed E-state index contributed by atoms with van der Waals surface area (Å²) in [6.45, 7) is 11.5. The quantitative estimate of drug-likeness (QED) is 0.0916. The van der Waals surface area contributed by atoms with Crippen molar-refractivity contribution in [3.8, 4) is 23.0 Å². The molecular formula is C40H46FNO5PSi+. The van der Waals surface area contributed by atoms with Gasteiger partial charge in [0.15, 0.2) is 6.61 Å². The molecule has 1 aliphatic heterocycles. The van der Waals surface area contributed by atoms with Crippen LogP contribution < -0.4 is 10.4 Å². The molecule has 0 amide bonds. The highest BCUT2D eigenvalue weighted by atomic mass is 31.1. The van der Waals surface area contributed by atoms with Crippen molar-refractivity contribution in [2.75, 3.05) is 12.8 Å². The van der Waals surface area contributed by atoms with Gasteiger partial charge < -0.3 is 14.1 Å². The number of carboxylic acids is 1. The van der Waals surface area contributed by atoms with Crippen LogP contribution in [0.4, 0.5) is 4.39 Å². The molecule has 256 valence electrons. The zero-order valence-electron chi connectivity index (χ0n) is 29.0. The van der Waals surface area contributed by atoms with E-state index in [1.54, 1.807) is 12.1 Å². The van der Waals surface area contributed by atoms with Crippen molar-refractivity contribution >= 4 is 32.7 Å². The van der Waals surface area contributed by atoms with Crippen LogP contribution in [-0.4, -0.2) is 42.8 Å². The van der Waals surface area contributed by atoms with Gasteiger partial charge in [-0.25, -0.2) is 4.39 Å². The maximum atomic E-state index is 13.9. The Morgan fingerprint density at radius 2 is 1.59 bits per heavy atom. The summed E-state index contributed by atoms with van der Waals surface area (Å²) in [6, 6.07) is 26.5. The predicted molar refractivity (Wildman–Crippen MR) is 197 cm³/mol. The second kappa shape index (κ2) is 15.8. The number of carbonyl (C=O) groups is 1. The molecule has 0 bridgehead atoms. The number of halogens is 1. The second-order valence-electron chi connectivity index (χ2n) is 13.9. The van der Waals surface area contributed by atoms with Gasteiger partial charge in [0.2, 0.25) is 6.16 Å². The van der Waals surface area contributed by atoms with E-state index in [2.05, 4.69) is 51.0 Å². The zero-order chi connectivity index (χ0) is 35.2. The Balaban J connectivity index is 1.41. The van der Waals surface area contributed by atoms with Crippen molar-refractivity contribution in [3.63, 3.8) is 0 Å². The van der Waals surface area contributed by atoms with E-state index in [9.17, 15) is 18.9 Å². The van der Waals surface area contributed by atoms with Crippen LogP contribution in [0.2, 0.25) is 5.04 Å². The molecule has 9 heteroatoms. The van der Waals surface area contributed by atoms with E-state index in [-0.39, 0.29) is 36.0 Å². The van der Waals surface area contributed by atoms with E-state index in [1.165, 1.54) is 17.8 Å². The SMILES string of the molecule is CC(C)c1c(C#CCO[P+](=O)C[C@H](CC(=O)O)O[Si](c2ccccc2)(c2ccccc2)C(C)(C)C)c(-c2ccc(F)cc2)c2n1CCCC2. The fourth-order valence-corrected chi connectivity index (χ4v) is 12.8. The molecule has 3 aromatic carbocycles. The minimum absolute atomic E-state index is 0.0770. The van der Waals surface area contributed by atoms with Gasteiger partial charge in [0, 0.05) is 23.5 Å². The number of aromatic nitrogens is 1. The number of carboxylic acid groups (broad SMARTS) is 1. The molecule has 1 aromatic heterocycles. The fraction of sp³-hybridized carbons (Fsp3) is 0.375. The van der Waals surface area contributed by atoms with Gasteiger partial charge in [-0.3, -0.25) is 4.79 Å². The van der Waals surface area contributed by atoms with Crippen molar-refractivity contribution < 1.29 is 27.8 Å². The van der Waals surface area contributed by atoms with Gasteiger partial charge in [0.05, 0.1) is 12.0 Å². The first kappa shape index (κ1) is 36.4. The van der Waals surface area contributed by atoms with Crippen molar-refractivity contribution in [2.45, 2.75) is 83.9 Å². The van der Waals surface area contributed by atoms with Gasteiger partial charge in [0.1, 0.15) is 11.9 Å². The van der Waals surface area contributed by atoms with E-state index in [0.717, 1.165) is 58.6 Å². The summed E-state index contributed by atoms with van der Waals surface area (Å²) >= 11 is 0. The standard InChI is InChI=1S/C40H45FNO5PSi/c1-29(2)39-35(38(30-21-23-31(41)24-22-30)36-20-12-13-25-42(36)39)19-14-26-46-48(45)28-32(27-37(43)44)47-49(40(3,4)5,33-15-8-6-9-16-33)34-17-10-7-11-18-34/h6-11,15-18,21-24,29,32H,12-13,20,25-28H2,1-5H3/p+1/t32-/m0/s1. The normalized spacial score (nSPS) is 14.1. The van der Waals surface area contributed by atoms with Crippen LogP contribution in [0.15, 0.2) is 84.9 Å². The molecular weight excluding hydrogens is 653 g/mol. The highest BCUT2D eigenvalue weighted by Gasteiger charge is 2.52. The van der Waals surface area contributed by atoms with Crippen molar-refractivity contribution in [3.05, 3.63) is 108 Å². The molecule has 5 rings (SSSR count). The topological polar surface area (TPSA) is 77.8 Å². The Morgan fingerprint density at radius 1 is 0.980 bits per heavy atom. The number of fused-ring (bicyclic) bond motifs is 1. The lowest BCUT2D eigenvalue weighted by Crippen LogP contribution is -2.68. The molecule has 0 radical (unpaired) electrons. The number of hydrogen-bond donors (Lipinski definition) is 1. The van der Waals surface area contributed by atoms with Crippen LogP contribution in [0.3, 0.4) is 0 Å². The first-order valence-electron chi connectivity index (χ1n) is 17.0. The van der Waals surface area contributed by atoms with Crippen LogP contribution >= 0.6 is 8.03 Å². The van der Waals surface area contributed by atoms with Gasteiger partial charge in [-0.05, 0) is 62.9 Å². The van der Waals surface area contributed by atoms with E-state index < -0.39 is 28.4 Å². The average molecular weight is 699 g/mol. The number of nitrogens with zero attached hydrogens (tertiary/aromatic N) is 1. The van der Waals surface area contributed by atoms with Gasteiger partial charge in [-0.1, -0.05) is 119 Å².